The standard InChI is InChI=1S/C29H30FN5O2/c30-22-10-11-24-26(18-22)37-33-27(24)20-12-14-34(15-13-20)16-17-35(29(36)21-6-2-1-3-7-21)28-23-8-4-5-9-25(23)31-19-32-28/h1-3,6-7,10-11,18-20H,4-5,8-9,12-17H2. The number of halogens is 1. The van der Waals surface area contributed by atoms with E-state index in [9.17, 15) is 9.18 Å². The summed E-state index contributed by atoms with van der Waals surface area (Å²) in [5.74, 6) is 0.696. The van der Waals surface area contributed by atoms with Gasteiger partial charge in [0.15, 0.2) is 5.58 Å². The molecule has 2 aliphatic rings. The normalized spacial score (nSPS) is 16.6. The molecule has 1 aliphatic heterocycles. The van der Waals surface area contributed by atoms with Crippen LogP contribution in [0.1, 0.15) is 58.9 Å². The Morgan fingerprint density at radius 3 is 2.70 bits per heavy atom. The first-order valence-electron chi connectivity index (χ1n) is 13.1. The molecule has 37 heavy (non-hydrogen) atoms. The molecule has 0 saturated carbocycles. The van der Waals surface area contributed by atoms with Gasteiger partial charge in [-0.3, -0.25) is 9.69 Å². The second kappa shape index (κ2) is 10.4. The van der Waals surface area contributed by atoms with Gasteiger partial charge in [0.25, 0.3) is 5.91 Å². The predicted octanol–water partition coefficient (Wildman–Crippen LogP) is 5.16. The fourth-order valence-corrected chi connectivity index (χ4v) is 5.67. The van der Waals surface area contributed by atoms with E-state index in [1.54, 1.807) is 12.4 Å². The zero-order valence-electron chi connectivity index (χ0n) is 20.8. The quantitative estimate of drug-likeness (QED) is 0.365. The molecule has 0 unspecified atom stereocenters. The van der Waals surface area contributed by atoms with Gasteiger partial charge in [-0.2, -0.15) is 0 Å². The number of aryl methyl sites for hydroxylation is 1. The van der Waals surface area contributed by atoms with Crippen molar-refractivity contribution in [2.75, 3.05) is 31.1 Å². The summed E-state index contributed by atoms with van der Waals surface area (Å²) in [6.07, 6.45) is 7.55. The van der Waals surface area contributed by atoms with E-state index in [0.29, 0.717) is 17.7 Å². The molecule has 6 rings (SSSR count). The number of fused-ring (bicyclic) bond motifs is 2. The van der Waals surface area contributed by atoms with E-state index >= 15 is 0 Å². The lowest BCUT2D eigenvalue weighted by Gasteiger charge is -2.33. The molecule has 4 aromatic rings. The van der Waals surface area contributed by atoms with Gasteiger partial charge in [0, 0.05) is 47.3 Å². The summed E-state index contributed by atoms with van der Waals surface area (Å²) >= 11 is 0. The first-order valence-corrected chi connectivity index (χ1v) is 13.1. The average Bonchev–Trinajstić information content (AvgIpc) is 3.37. The van der Waals surface area contributed by atoms with Crippen LogP contribution in [0.3, 0.4) is 0 Å². The minimum absolute atomic E-state index is 0.0248. The van der Waals surface area contributed by atoms with Crippen LogP contribution in [0.15, 0.2) is 59.4 Å². The molecular weight excluding hydrogens is 469 g/mol. The lowest BCUT2D eigenvalue weighted by molar-refractivity contribution is 0.0980. The third kappa shape index (κ3) is 4.85. The number of rotatable bonds is 6. The van der Waals surface area contributed by atoms with E-state index in [2.05, 4.69) is 20.0 Å². The third-order valence-electron chi connectivity index (χ3n) is 7.70. The van der Waals surface area contributed by atoms with Crippen molar-refractivity contribution >= 4 is 22.7 Å². The van der Waals surface area contributed by atoms with Gasteiger partial charge >= 0.3 is 0 Å². The Hall–Kier alpha value is -3.65. The summed E-state index contributed by atoms with van der Waals surface area (Å²) in [6, 6.07) is 14.1. The van der Waals surface area contributed by atoms with E-state index in [-0.39, 0.29) is 17.6 Å². The topological polar surface area (TPSA) is 75.4 Å². The zero-order chi connectivity index (χ0) is 25.2. The maximum absolute atomic E-state index is 13.7. The number of nitrogens with zero attached hydrogens (tertiary/aromatic N) is 5. The van der Waals surface area contributed by atoms with Gasteiger partial charge in [-0.25, -0.2) is 14.4 Å². The molecule has 0 radical (unpaired) electrons. The van der Waals surface area contributed by atoms with E-state index in [0.717, 1.165) is 86.3 Å². The van der Waals surface area contributed by atoms with Crippen molar-refractivity contribution in [3.8, 4) is 0 Å². The number of hydrogen-bond acceptors (Lipinski definition) is 6. The van der Waals surface area contributed by atoms with Crippen LogP contribution in [-0.2, 0) is 12.8 Å². The Morgan fingerprint density at radius 2 is 1.86 bits per heavy atom. The molecular formula is C29H30FN5O2. The molecule has 0 atom stereocenters. The van der Waals surface area contributed by atoms with E-state index in [1.807, 2.05) is 35.2 Å². The number of carbonyl (C=O) groups excluding carboxylic acids is 1. The van der Waals surface area contributed by atoms with Crippen LogP contribution >= 0.6 is 0 Å². The second-order valence-corrected chi connectivity index (χ2v) is 9.98. The van der Waals surface area contributed by atoms with Gasteiger partial charge in [0.2, 0.25) is 0 Å². The molecule has 0 bridgehead atoms. The highest BCUT2D eigenvalue weighted by atomic mass is 19.1. The van der Waals surface area contributed by atoms with Crippen molar-refractivity contribution in [2.24, 2.45) is 0 Å². The SMILES string of the molecule is O=C(c1ccccc1)N(CCN1CCC(c2noc3cc(F)ccc23)CC1)c1ncnc2c1CCCC2. The van der Waals surface area contributed by atoms with Gasteiger partial charge < -0.3 is 9.42 Å². The Balaban J connectivity index is 1.17. The minimum atomic E-state index is -0.315. The van der Waals surface area contributed by atoms with Crippen molar-refractivity contribution in [3.63, 3.8) is 0 Å². The highest BCUT2D eigenvalue weighted by molar-refractivity contribution is 6.06. The van der Waals surface area contributed by atoms with Gasteiger partial charge in [-0.1, -0.05) is 23.4 Å². The Morgan fingerprint density at radius 1 is 1.05 bits per heavy atom. The van der Waals surface area contributed by atoms with Crippen LogP contribution in [0.4, 0.5) is 10.2 Å². The van der Waals surface area contributed by atoms with E-state index in [4.69, 9.17) is 4.52 Å². The Labute approximate surface area is 215 Å². The van der Waals surface area contributed by atoms with Crippen molar-refractivity contribution in [3.05, 3.63) is 83.2 Å². The number of likely N-dealkylation sites (tertiary alicyclic amines) is 1. The molecule has 2 aromatic heterocycles. The predicted molar refractivity (Wildman–Crippen MR) is 139 cm³/mol. The molecule has 1 aliphatic carbocycles. The van der Waals surface area contributed by atoms with Crippen molar-refractivity contribution < 1.29 is 13.7 Å². The molecule has 1 fully saturated rings. The molecule has 1 amide bonds. The summed E-state index contributed by atoms with van der Waals surface area (Å²) in [5, 5.41) is 5.17. The Bertz CT molecular complexity index is 1400. The summed E-state index contributed by atoms with van der Waals surface area (Å²) < 4.78 is 18.9. The van der Waals surface area contributed by atoms with Crippen LogP contribution in [0.2, 0.25) is 0 Å². The van der Waals surface area contributed by atoms with Crippen LogP contribution in [0.5, 0.6) is 0 Å². The molecule has 2 aromatic carbocycles. The molecule has 8 heteroatoms. The van der Waals surface area contributed by atoms with Gasteiger partial charge in [-0.15, -0.1) is 0 Å². The zero-order valence-corrected chi connectivity index (χ0v) is 20.8. The van der Waals surface area contributed by atoms with Crippen molar-refractivity contribution in [1.29, 1.82) is 0 Å². The fraction of sp³-hybridized carbons (Fsp3) is 0.379. The lowest BCUT2D eigenvalue weighted by atomic mass is 9.91. The van der Waals surface area contributed by atoms with Gasteiger partial charge in [-0.05, 0) is 75.9 Å². The lowest BCUT2D eigenvalue weighted by Crippen LogP contribution is -2.42. The highest BCUT2D eigenvalue weighted by Crippen LogP contribution is 2.33. The van der Waals surface area contributed by atoms with Gasteiger partial charge in [0.05, 0.1) is 5.69 Å². The number of anilines is 1. The number of piperidine rings is 1. The fourth-order valence-electron chi connectivity index (χ4n) is 5.67. The minimum Gasteiger partial charge on any atom is -0.356 e. The number of carbonyl (C=O) groups is 1. The molecule has 3 heterocycles. The van der Waals surface area contributed by atoms with Crippen molar-refractivity contribution in [1.82, 2.24) is 20.0 Å². The first kappa shape index (κ1) is 23.7. The maximum Gasteiger partial charge on any atom is 0.259 e. The number of aromatic nitrogens is 3. The second-order valence-electron chi connectivity index (χ2n) is 9.98. The smallest absolute Gasteiger partial charge is 0.259 e. The first-order chi connectivity index (χ1) is 18.2. The largest absolute Gasteiger partial charge is 0.356 e. The molecule has 1 saturated heterocycles. The molecule has 190 valence electrons. The molecule has 7 nitrogen and oxygen atoms in total. The summed E-state index contributed by atoms with van der Waals surface area (Å²) in [4.78, 5) is 27.0. The van der Waals surface area contributed by atoms with Crippen LogP contribution < -0.4 is 4.90 Å². The third-order valence-corrected chi connectivity index (χ3v) is 7.70. The van der Waals surface area contributed by atoms with E-state index in [1.165, 1.54) is 12.1 Å². The van der Waals surface area contributed by atoms with Crippen LogP contribution in [0.25, 0.3) is 11.0 Å². The van der Waals surface area contributed by atoms with Crippen LogP contribution in [0, 0.1) is 5.82 Å². The number of hydrogen-bond donors (Lipinski definition) is 0. The molecule has 0 N–H and O–H groups in total. The maximum atomic E-state index is 13.7. The van der Waals surface area contributed by atoms with Gasteiger partial charge in [0.1, 0.15) is 18.0 Å². The Kier molecular flexibility index (Phi) is 6.66. The summed E-state index contributed by atoms with van der Waals surface area (Å²) in [6.45, 7) is 3.12. The van der Waals surface area contributed by atoms with Crippen LogP contribution in [-0.4, -0.2) is 52.1 Å². The number of amides is 1. The average molecular weight is 500 g/mol. The van der Waals surface area contributed by atoms with Crippen molar-refractivity contribution in [2.45, 2.75) is 44.4 Å². The summed E-state index contributed by atoms with van der Waals surface area (Å²) in [5.41, 5.74) is 4.27. The number of benzene rings is 2. The molecule has 0 spiro atoms. The summed E-state index contributed by atoms with van der Waals surface area (Å²) in [7, 11) is 0. The highest BCUT2D eigenvalue weighted by Gasteiger charge is 2.28. The monoisotopic (exact) mass is 499 g/mol. The van der Waals surface area contributed by atoms with E-state index < -0.39 is 0 Å².